The molecule has 1 atom stereocenters. The molecule has 1 heterocycles. The first-order valence-electron chi connectivity index (χ1n) is 6.99. The van der Waals surface area contributed by atoms with E-state index in [9.17, 15) is 4.79 Å². The number of nitrogens with one attached hydrogen (secondary N) is 1. The molecule has 0 saturated carbocycles. The third kappa shape index (κ3) is 3.61. The van der Waals surface area contributed by atoms with Crippen molar-refractivity contribution in [1.29, 1.82) is 0 Å². The lowest BCUT2D eigenvalue weighted by molar-refractivity contribution is -0.117. The quantitative estimate of drug-likeness (QED) is 0.871. The van der Waals surface area contributed by atoms with Crippen LogP contribution in [0, 0.1) is 0 Å². The van der Waals surface area contributed by atoms with Gasteiger partial charge in [-0.1, -0.05) is 44.2 Å². The molecule has 1 aromatic heterocycles. The van der Waals surface area contributed by atoms with E-state index in [4.69, 9.17) is 5.73 Å². The van der Waals surface area contributed by atoms with Gasteiger partial charge in [-0.05, 0) is 18.4 Å². The van der Waals surface area contributed by atoms with Crippen LogP contribution in [0.1, 0.15) is 36.8 Å². The average Bonchev–Trinajstić information content (AvgIpc) is 2.54. The molecule has 0 aliphatic heterocycles. The predicted molar refractivity (Wildman–Crippen MR) is 80.6 cm³/mol. The number of nitrogens with zero attached hydrogens (tertiary/aromatic N) is 3. The maximum atomic E-state index is 12.1. The van der Waals surface area contributed by atoms with Crippen molar-refractivity contribution in [3.8, 4) is 0 Å². The van der Waals surface area contributed by atoms with Crippen molar-refractivity contribution in [3.05, 3.63) is 47.3 Å². The highest BCUT2D eigenvalue weighted by Crippen LogP contribution is 2.12. The molecule has 0 spiro atoms. The van der Waals surface area contributed by atoms with Crippen LogP contribution in [-0.4, -0.2) is 21.1 Å². The monoisotopic (exact) mass is 285 g/mol. The standard InChI is InChI=1S/C15H19N5O/c1-3-11-12(4-2)19-20-15(17-11)18-14(21)13(16)10-8-6-5-7-9-10/h5-9,13H,3-4,16H2,1-2H3,(H,17,18,20,21)/t13-/m0/s1. The van der Waals surface area contributed by atoms with Crippen molar-refractivity contribution in [1.82, 2.24) is 15.2 Å². The number of amides is 1. The maximum Gasteiger partial charge on any atom is 0.249 e. The van der Waals surface area contributed by atoms with Gasteiger partial charge in [-0.25, -0.2) is 4.98 Å². The number of carbonyl (C=O) groups is 1. The molecule has 6 heteroatoms. The van der Waals surface area contributed by atoms with Gasteiger partial charge in [-0.3, -0.25) is 10.1 Å². The smallest absolute Gasteiger partial charge is 0.249 e. The van der Waals surface area contributed by atoms with E-state index >= 15 is 0 Å². The molecule has 6 nitrogen and oxygen atoms in total. The van der Waals surface area contributed by atoms with E-state index in [-0.39, 0.29) is 11.9 Å². The molecular formula is C15H19N5O. The fourth-order valence-corrected chi connectivity index (χ4v) is 1.99. The van der Waals surface area contributed by atoms with Gasteiger partial charge in [0.15, 0.2) is 0 Å². The molecule has 0 saturated heterocycles. The van der Waals surface area contributed by atoms with Gasteiger partial charge >= 0.3 is 0 Å². The van der Waals surface area contributed by atoms with Crippen LogP contribution in [0.3, 0.4) is 0 Å². The number of hydrogen-bond donors (Lipinski definition) is 2. The molecule has 110 valence electrons. The van der Waals surface area contributed by atoms with Gasteiger partial charge in [-0.2, -0.15) is 0 Å². The minimum atomic E-state index is -0.759. The lowest BCUT2D eigenvalue weighted by Crippen LogP contribution is -2.28. The zero-order valence-corrected chi connectivity index (χ0v) is 12.2. The van der Waals surface area contributed by atoms with Crippen molar-refractivity contribution in [2.75, 3.05) is 5.32 Å². The van der Waals surface area contributed by atoms with Crippen molar-refractivity contribution in [2.24, 2.45) is 5.73 Å². The molecule has 0 unspecified atom stereocenters. The van der Waals surface area contributed by atoms with Gasteiger partial charge in [0.25, 0.3) is 0 Å². The Morgan fingerprint density at radius 1 is 1.14 bits per heavy atom. The summed E-state index contributed by atoms with van der Waals surface area (Å²) in [7, 11) is 0. The number of aryl methyl sites for hydroxylation is 2. The zero-order chi connectivity index (χ0) is 15.2. The molecule has 3 N–H and O–H groups in total. The van der Waals surface area contributed by atoms with Crippen LogP contribution < -0.4 is 11.1 Å². The molecular weight excluding hydrogens is 266 g/mol. The molecule has 2 aromatic rings. The van der Waals surface area contributed by atoms with Crippen LogP contribution in [0.5, 0.6) is 0 Å². The number of aromatic nitrogens is 3. The Balaban J connectivity index is 2.12. The van der Waals surface area contributed by atoms with Gasteiger partial charge < -0.3 is 5.73 Å². The third-order valence-electron chi connectivity index (χ3n) is 3.19. The van der Waals surface area contributed by atoms with E-state index in [2.05, 4.69) is 20.5 Å². The highest BCUT2D eigenvalue weighted by atomic mass is 16.2. The largest absolute Gasteiger partial charge is 0.316 e. The van der Waals surface area contributed by atoms with Crippen LogP contribution in [-0.2, 0) is 17.6 Å². The highest BCUT2D eigenvalue weighted by molar-refractivity contribution is 5.93. The lowest BCUT2D eigenvalue weighted by Gasteiger charge is -2.12. The first-order valence-corrected chi connectivity index (χ1v) is 6.99. The van der Waals surface area contributed by atoms with Crippen LogP contribution in [0.25, 0.3) is 0 Å². The number of rotatable bonds is 5. The average molecular weight is 285 g/mol. The fourth-order valence-electron chi connectivity index (χ4n) is 1.99. The Morgan fingerprint density at radius 3 is 2.43 bits per heavy atom. The molecule has 21 heavy (non-hydrogen) atoms. The molecule has 0 bridgehead atoms. The predicted octanol–water partition coefficient (Wildman–Crippen LogP) is 1.63. The maximum absolute atomic E-state index is 12.1. The van der Waals surface area contributed by atoms with Gasteiger partial charge in [0.05, 0.1) is 11.4 Å². The first kappa shape index (κ1) is 15.1. The van der Waals surface area contributed by atoms with Crippen molar-refractivity contribution in [3.63, 3.8) is 0 Å². The fraction of sp³-hybridized carbons (Fsp3) is 0.333. The number of hydrogen-bond acceptors (Lipinski definition) is 5. The van der Waals surface area contributed by atoms with Crippen molar-refractivity contribution in [2.45, 2.75) is 32.7 Å². The molecule has 2 rings (SSSR count). The van der Waals surface area contributed by atoms with Gasteiger partial charge in [0, 0.05) is 0 Å². The minimum Gasteiger partial charge on any atom is -0.316 e. The van der Waals surface area contributed by atoms with Crippen molar-refractivity contribution >= 4 is 11.9 Å². The van der Waals surface area contributed by atoms with E-state index < -0.39 is 6.04 Å². The van der Waals surface area contributed by atoms with Crippen LogP contribution in [0.4, 0.5) is 5.95 Å². The van der Waals surface area contributed by atoms with E-state index in [1.807, 2.05) is 32.0 Å². The van der Waals surface area contributed by atoms with E-state index in [0.717, 1.165) is 29.8 Å². The van der Waals surface area contributed by atoms with E-state index in [0.29, 0.717) is 0 Å². The Kier molecular flexibility index (Phi) is 4.94. The van der Waals surface area contributed by atoms with E-state index in [1.54, 1.807) is 12.1 Å². The molecule has 1 amide bonds. The minimum absolute atomic E-state index is 0.195. The molecule has 0 radical (unpaired) electrons. The summed E-state index contributed by atoms with van der Waals surface area (Å²) in [4.78, 5) is 16.4. The Labute approximate surface area is 123 Å². The summed E-state index contributed by atoms with van der Waals surface area (Å²) in [5.41, 5.74) is 8.36. The van der Waals surface area contributed by atoms with E-state index in [1.165, 1.54) is 0 Å². The molecule has 0 aliphatic rings. The summed E-state index contributed by atoms with van der Waals surface area (Å²) >= 11 is 0. The summed E-state index contributed by atoms with van der Waals surface area (Å²) in [6.07, 6.45) is 1.51. The SMILES string of the molecule is CCc1nnc(NC(=O)[C@@H](N)c2ccccc2)nc1CC. The van der Waals surface area contributed by atoms with Gasteiger partial charge in [0.2, 0.25) is 11.9 Å². The van der Waals surface area contributed by atoms with Crippen LogP contribution in [0.15, 0.2) is 30.3 Å². The summed E-state index contributed by atoms with van der Waals surface area (Å²) < 4.78 is 0. The van der Waals surface area contributed by atoms with Gasteiger partial charge in [0.1, 0.15) is 6.04 Å². The number of anilines is 1. The normalized spacial score (nSPS) is 12.0. The van der Waals surface area contributed by atoms with Crippen molar-refractivity contribution < 1.29 is 4.79 Å². The highest BCUT2D eigenvalue weighted by Gasteiger charge is 2.17. The number of benzene rings is 1. The van der Waals surface area contributed by atoms with Crippen LogP contribution in [0.2, 0.25) is 0 Å². The number of nitrogens with two attached hydrogens (primary N) is 1. The second kappa shape index (κ2) is 6.90. The Morgan fingerprint density at radius 2 is 1.81 bits per heavy atom. The lowest BCUT2D eigenvalue weighted by atomic mass is 10.1. The third-order valence-corrected chi connectivity index (χ3v) is 3.19. The Hall–Kier alpha value is -2.34. The second-order valence-electron chi connectivity index (χ2n) is 4.61. The second-order valence-corrected chi connectivity index (χ2v) is 4.61. The summed E-state index contributed by atoms with van der Waals surface area (Å²) in [6, 6.07) is 8.41. The van der Waals surface area contributed by atoms with Gasteiger partial charge in [-0.15, -0.1) is 10.2 Å². The molecule has 0 fully saturated rings. The molecule has 1 aromatic carbocycles. The topological polar surface area (TPSA) is 93.8 Å². The molecule has 0 aliphatic carbocycles. The zero-order valence-electron chi connectivity index (χ0n) is 12.2. The summed E-state index contributed by atoms with van der Waals surface area (Å²) in [6.45, 7) is 3.99. The Bertz CT molecular complexity index is 615. The number of carbonyl (C=O) groups excluding carboxylic acids is 1. The first-order chi connectivity index (χ1) is 10.2. The van der Waals surface area contributed by atoms with Crippen LogP contribution >= 0.6 is 0 Å². The summed E-state index contributed by atoms with van der Waals surface area (Å²) in [5.74, 6) is -0.158. The summed E-state index contributed by atoms with van der Waals surface area (Å²) in [5, 5.41) is 10.6.